The van der Waals surface area contributed by atoms with Crippen molar-refractivity contribution < 1.29 is 4.74 Å². The van der Waals surface area contributed by atoms with E-state index in [-0.39, 0.29) is 0 Å². The van der Waals surface area contributed by atoms with Gasteiger partial charge in [-0.1, -0.05) is 6.92 Å². The Kier molecular flexibility index (Phi) is 5.22. The Hall–Kier alpha value is -0.160. The zero-order chi connectivity index (χ0) is 12.1. The summed E-state index contributed by atoms with van der Waals surface area (Å²) in [5.41, 5.74) is 0. The van der Waals surface area contributed by atoms with E-state index in [1.807, 2.05) is 0 Å². The summed E-state index contributed by atoms with van der Waals surface area (Å²) in [6.07, 6.45) is 3.15. The van der Waals surface area contributed by atoms with Gasteiger partial charge >= 0.3 is 0 Å². The molecule has 2 rings (SSSR count). The number of rotatable bonds is 7. The minimum Gasteiger partial charge on any atom is -0.374 e. The van der Waals surface area contributed by atoms with Crippen LogP contribution in [0.15, 0.2) is 0 Å². The molecule has 1 atom stereocenters. The lowest BCUT2D eigenvalue weighted by atomic mass is 10.2. The van der Waals surface area contributed by atoms with Crippen LogP contribution < -0.4 is 5.32 Å². The van der Waals surface area contributed by atoms with Crippen LogP contribution in [-0.2, 0) is 4.74 Å². The van der Waals surface area contributed by atoms with E-state index in [9.17, 15) is 0 Å². The summed E-state index contributed by atoms with van der Waals surface area (Å²) in [7, 11) is 2.20. The van der Waals surface area contributed by atoms with Crippen LogP contribution in [0.1, 0.15) is 19.8 Å². The van der Waals surface area contributed by atoms with Crippen molar-refractivity contribution in [1.82, 2.24) is 15.1 Å². The third-order valence-corrected chi connectivity index (χ3v) is 3.69. The molecule has 0 bridgehead atoms. The van der Waals surface area contributed by atoms with Crippen LogP contribution in [0.2, 0.25) is 0 Å². The smallest absolute Gasteiger partial charge is 0.0829 e. The Balaban J connectivity index is 1.57. The van der Waals surface area contributed by atoms with E-state index >= 15 is 0 Å². The van der Waals surface area contributed by atoms with Gasteiger partial charge in [0, 0.05) is 38.8 Å². The van der Waals surface area contributed by atoms with E-state index in [1.54, 1.807) is 0 Å². The molecule has 2 fully saturated rings. The van der Waals surface area contributed by atoms with Crippen LogP contribution in [0.25, 0.3) is 0 Å². The fraction of sp³-hybridized carbons (Fsp3) is 1.00. The van der Waals surface area contributed by atoms with E-state index in [0.29, 0.717) is 6.10 Å². The van der Waals surface area contributed by atoms with Gasteiger partial charge in [-0.3, -0.25) is 4.90 Å². The summed E-state index contributed by atoms with van der Waals surface area (Å²) in [5.74, 6) is 0. The average molecular weight is 241 g/mol. The van der Waals surface area contributed by atoms with Crippen LogP contribution in [0, 0.1) is 0 Å². The van der Waals surface area contributed by atoms with Gasteiger partial charge in [0.05, 0.1) is 12.7 Å². The van der Waals surface area contributed by atoms with E-state index in [0.717, 1.165) is 51.9 Å². The Morgan fingerprint density at radius 3 is 2.94 bits per heavy atom. The third kappa shape index (κ3) is 4.92. The lowest BCUT2D eigenvalue weighted by Gasteiger charge is -2.34. The summed E-state index contributed by atoms with van der Waals surface area (Å²) in [6.45, 7) is 9.76. The molecule has 0 spiro atoms. The van der Waals surface area contributed by atoms with Gasteiger partial charge in [0.2, 0.25) is 0 Å². The topological polar surface area (TPSA) is 27.7 Å². The van der Waals surface area contributed by atoms with Crippen LogP contribution in [0.5, 0.6) is 0 Å². The summed E-state index contributed by atoms with van der Waals surface area (Å²) in [5, 5.41) is 3.55. The molecule has 0 aromatic carbocycles. The number of morpholine rings is 1. The molecule has 1 aliphatic heterocycles. The second-order valence-electron chi connectivity index (χ2n) is 5.38. The van der Waals surface area contributed by atoms with Gasteiger partial charge in [0.15, 0.2) is 0 Å². The molecule has 1 heterocycles. The van der Waals surface area contributed by atoms with Gasteiger partial charge in [-0.2, -0.15) is 0 Å². The van der Waals surface area contributed by atoms with Gasteiger partial charge in [0.1, 0.15) is 0 Å². The van der Waals surface area contributed by atoms with E-state index in [4.69, 9.17) is 4.74 Å². The lowest BCUT2D eigenvalue weighted by Crippen LogP contribution is -2.47. The van der Waals surface area contributed by atoms with E-state index in [2.05, 4.69) is 29.1 Å². The minimum atomic E-state index is 0.398. The molecule has 1 saturated carbocycles. The molecule has 4 nitrogen and oxygen atoms in total. The van der Waals surface area contributed by atoms with E-state index < -0.39 is 0 Å². The number of nitrogens with one attached hydrogen (secondary N) is 1. The van der Waals surface area contributed by atoms with Crippen LogP contribution in [0.3, 0.4) is 0 Å². The number of hydrogen-bond acceptors (Lipinski definition) is 4. The maximum absolute atomic E-state index is 5.82. The second-order valence-corrected chi connectivity index (χ2v) is 5.38. The molecular formula is C13H27N3O. The fourth-order valence-electron chi connectivity index (χ4n) is 2.36. The van der Waals surface area contributed by atoms with Crippen LogP contribution in [-0.4, -0.2) is 74.9 Å². The molecule has 0 aromatic heterocycles. The molecule has 1 saturated heterocycles. The Labute approximate surface area is 105 Å². The first-order valence-corrected chi connectivity index (χ1v) is 7.04. The summed E-state index contributed by atoms with van der Waals surface area (Å²) < 4.78 is 5.82. The predicted molar refractivity (Wildman–Crippen MR) is 70.4 cm³/mol. The Morgan fingerprint density at radius 1 is 1.41 bits per heavy atom. The van der Waals surface area contributed by atoms with Crippen LogP contribution >= 0.6 is 0 Å². The van der Waals surface area contributed by atoms with Crippen molar-refractivity contribution in [3.8, 4) is 0 Å². The normalized spacial score (nSPS) is 26.6. The Morgan fingerprint density at radius 2 is 2.24 bits per heavy atom. The monoisotopic (exact) mass is 241 g/mol. The first-order valence-electron chi connectivity index (χ1n) is 7.04. The summed E-state index contributed by atoms with van der Waals surface area (Å²) >= 11 is 0. The highest BCUT2D eigenvalue weighted by Gasteiger charge is 2.22. The second kappa shape index (κ2) is 6.69. The maximum Gasteiger partial charge on any atom is 0.0829 e. The molecule has 0 radical (unpaired) electrons. The molecule has 1 aliphatic carbocycles. The first-order chi connectivity index (χ1) is 8.28. The van der Waals surface area contributed by atoms with Crippen LogP contribution in [0.4, 0.5) is 0 Å². The van der Waals surface area contributed by atoms with Crippen molar-refractivity contribution in [3.05, 3.63) is 0 Å². The molecule has 0 amide bonds. The average Bonchev–Trinajstić information content (AvgIpc) is 3.13. The number of ether oxygens (including phenoxy) is 1. The molecule has 1 unspecified atom stereocenters. The highest BCUT2D eigenvalue weighted by Crippen LogP contribution is 2.18. The van der Waals surface area contributed by atoms with Crippen molar-refractivity contribution in [2.24, 2.45) is 0 Å². The summed E-state index contributed by atoms with van der Waals surface area (Å²) in [6, 6.07) is 0.824. The standard InChI is InChI=1S/C13H27N3O/c1-3-16-8-9-17-13(11-16)10-15(2)7-6-14-12-4-5-12/h12-14H,3-11H2,1-2H3. The van der Waals surface area contributed by atoms with Crippen molar-refractivity contribution in [3.63, 3.8) is 0 Å². The molecule has 100 valence electrons. The Bertz CT molecular complexity index is 221. The number of nitrogens with zero attached hydrogens (tertiary/aromatic N) is 2. The molecule has 1 N–H and O–H groups in total. The molecular weight excluding hydrogens is 214 g/mol. The SMILES string of the molecule is CCN1CCOC(CN(C)CCNC2CC2)C1. The molecule has 0 aromatic rings. The number of hydrogen-bond donors (Lipinski definition) is 1. The number of likely N-dealkylation sites (N-methyl/N-ethyl adjacent to an activating group) is 2. The lowest BCUT2D eigenvalue weighted by molar-refractivity contribution is -0.0387. The third-order valence-electron chi connectivity index (χ3n) is 3.69. The fourth-order valence-corrected chi connectivity index (χ4v) is 2.36. The largest absolute Gasteiger partial charge is 0.374 e. The quantitative estimate of drug-likeness (QED) is 0.698. The van der Waals surface area contributed by atoms with Gasteiger partial charge in [-0.05, 0) is 26.4 Å². The summed E-state index contributed by atoms with van der Waals surface area (Å²) in [4.78, 5) is 4.86. The van der Waals surface area contributed by atoms with Crippen molar-refractivity contribution in [2.75, 3.05) is 52.9 Å². The highest BCUT2D eigenvalue weighted by atomic mass is 16.5. The zero-order valence-electron chi connectivity index (χ0n) is 11.3. The maximum atomic E-state index is 5.82. The molecule has 17 heavy (non-hydrogen) atoms. The zero-order valence-corrected chi connectivity index (χ0v) is 11.3. The highest BCUT2D eigenvalue weighted by molar-refractivity contribution is 4.81. The van der Waals surface area contributed by atoms with Gasteiger partial charge in [-0.15, -0.1) is 0 Å². The first kappa shape index (κ1) is 13.3. The predicted octanol–water partition coefficient (Wildman–Crippen LogP) is 0.391. The molecule has 2 aliphatic rings. The van der Waals surface area contributed by atoms with Gasteiger partial charge in [0.25, 0.3) is 0 Å². The van der Waals surface area contributed by atoms with E-state index in [1.165, 1.54) is 12.8 Å². The van der Waals surface area contributed by atoms with Crippen molar-refractivity contribution >= 4 is 0 Å². The van der Waals surface area contributed by atoms with Crippen molar-refractivity contribution in [2.45, 2.75) is 31.9 Å². The van der Waals surface area contributed by atoms with Gasteiger partial charge < -0.3 is 15.0 Å². The minimum absolute atomic E-state index is 0.398. The van der Waals surface area contributed by atoms with Crippen molar-refractivity contribution in [1.29, 1.82) is 0 Å². The van der Waals surface area contributed by atoms with Gasteiger partial charge in [-0.25, -0.2) is 0 Å². The molecule has 4 heteroatoms.